The van der Waals surface area contributed by atoms with Crippen molar-refractivity contribution in [3.05, 3.63) is 48.5 Å². The third-order valence-electron chi connectivity index (χ3n) is 5.43. The van der Waals surface area contributed by atoms with Gasteiger partial charge in [-0.2, -0.15) is 0 Å². The number of rotatable bonds is 4. The fourth-order valence-electron chi connectivity index (χ4n) is 3.91. The smallest absolute Gasteiger partial charge is 0.265 e. The molecule has 4 rings (SSSR count). The van der Waals surface area contributed by atoms with Gasteiger partial charge < -0.3 is 19.3 Å². The van der Waals surface area contributed by atoms with Gasteiger partial charge >= 0.3 is 0 Å². The van der Waals surface area contributed by atoms with E-state index in [0.717, 1.165) is 17.7 Å². The van der Waals surface area contributed by atoms with Crippen LogP contribution in [0.15, 0.2) is 48.5 Å². The average molecular weight is 432 g/mol. The first kappa shape index (κ1) is 20.3. The summed E-state index contributed by atoms with van der Waals surface area (Å²) in [5.41, 5.74) is 1.46. The number of ether oxygens (including phenoxy) is 2. The number of nitrogens with zero attached hydrogens (tertiary/aromatic N) is 3. The molecule has 1 amide bonds. The van der Waals surface area contributed by atoms with E-state index in [4.69, 9.17) is 9.47 Å². The van der Waals surface area contributed by atoms with E-state index >= 15 is 0 Å². The fraction of sp³-hybridized carbons (Fsp3) is 0.381. The van der Waals surface area contributed by atoms with Crippen LogP contribution in [0, 0.1) is 0 Å². The van der Waals surface area contributed by atoms with E-state index in [0.29, 0.717) is 37.6 Å². The van der Waals surface area contributed by atoms with Crippen molar-refractivity contribution in [1.82, 2.24) is 4.90 Å². The third kappa shape index (κ3) is 3.89. The van der Waals surface area contributed by atoms with Gasteiger partial charge in [0.15, 0.2) is 6.10 Å². The normalized spacial score (nSPS) is 19.1. The van der Waals surface area contributed by atoms with Crippen molar-refractivity contribution >= 4 is 27.3 Å². The first-order valence-electron chi connectivity index (χ1n) is 9.78. The van der Waals surface area contributed by atoms with E-state index in [-0.39, 0.29) is 12.5 Å². The Hall–Kier alpha value is -2.94. The molecule has 0 radical (unpaired) electrons. The van der Waals surface area contributed by atoms with E-state index in [2.05, 4.69) is 4.90 Å². The number of para-hydroxylation sites is 4. The molecule has 0 N–H and O–H groups in total. The highest BCUT2D eigenvalue weighted by Gasteiger charge is 2.37. The molecule has 0 bridgehead atoms. The van der Waals surface area contributed by atoms with Crippen LogP contribution in [0.5, 0.6) is 11.5 Å². The highest BCUT2D eigenvalue weighted by atomic mass is 32.2. The molecule has 1 fully saturated rings. The molecule has 0 spiro atoms. The summed E-state index contributed by atoms with van der Waals surface area (Å²) < 4.78 is 37.1. The number of methoxy groups -OCH3 is 1. The minimum Gasteiger partial charge on any atom is -0.495 e. The molecule has 0 saturated carbocycles. The molecule has 1 saturated heterocycles. The van der Waals surface area contributed by atoms with E-state index in [1.54, 1.807) is 36.3 Å². The molecule has 2 aromatic carbocycles. The number of fused-ring (bicyclic) bond motifs is 1. The molecule has 2 aliphatic heterocycles. The summed E-state index contributed by atoms with van der Waals surface area (Å²) in [5.74, 6) is 1.01. The van der Waals surface area contributed by atoms with Crippen molar-refractivity contribution in [2.24, 2.45) is 0 Å². The minimum atomic E-state index is -3.53. The highest BCUT2D eigenvalue weighted by molar-refractivity contribution is 7.92. The first-order chi connectivity index (χ1) is 14.4. The second kappa shape index (κ2) is 8.06. The van der Waals surface area contributed by atoms with Gasteiger partial charge in [0.05, 0.1) is 31.3 Å². The van der Waals surface area contributed by atoms with Crippen molar-refractivity contribution < 1.29 is 22.7 Å². The number of piperazine rings is 1. The Balaban J connectivity index is 1.47. The maximum absolute atomic E-state index is 13.1. The van der Waals surface area contributed by atoms with Gasteiger partial charge in [-0.1, -0.05) is 24.3 Å². The second-order valence-electron chi connectivity index (χ2n) is 7.35. The summed E-state index contributed by atoms with van der Waals surface area (Å²) in [5, 5.41) is 0. The Morgan fingerprint density at radius 1 is 1.00 bits per heavy atom. The molecule has 8 nitrogen and oxygen atoms in total. The fourth-order valence-corrected chi connectivity index (χ4v) is 4.82. The lowest BCUT2D eigenvalue weighted by atomic mass is 10.2. The summed E-state index contributed by atoms with van der Waals surface area (Å²) >= 11 is 0. The third-order valence-corrected chi connectivity index (χ3v) is 6.57. The first-order valence-corrected chi connectivity index (χ1v) is 11.6. The van der Waals surface area contributed by atoms with Gasteiger partial charge in [0.2, 0.25) is 10.0 Å². The number of benzene rings is 2. The molecule has 0 aliphatic carbocycles. The van der Waals surface area contributed by atoms with Crippen LogP contribution in [0.2, 0.25) is 0 Å². The lowest BCUT2D eigenvalue weighted by molar-refractivity contribution is -0.138. The Morgan fingerprint density at radius 2 is 1.63 bits per heavy atom. The van der Waals surface area contributed by atoms with Crippen molar-refractivity contribution in [2.45, 2.75) is 6.10 Å². The monoisotopic (exact) mass is 431 g/mol. The Labute approximate surface area is 176 Å². The maximum Gasteiger partial charge on any atom is 0.265 e. The SMILES string of the molecule is COc1ccccc1N1CCN(C(=O)[C@@H]2CN(S(C)(=O)=O)c3ccccc3O2)CC1. The zero-order valence-corrected chi connectivity index (χ0v) is 17.8. The number of amides is 1. The zero-order chi connectivity index (χ0) is 21.3. The molecule has 1 atom stereocenters. The molecule has 0 aromatic heterocycles. The molecule has 2 heterocycles. The van der Waals surface area contributed by atoms with Crippen LogP contribution in [-0.4, -0.2) is 71.4 Å². The van der Waals surface area contributed by atoms with Crippen LogP contribution in [0.1, 0.15) is 0 Å². The number of hydrogen-bond donors (Lipinski definition) is 0. The van der Waals surface area contributed by atoms with Crippen LogP contribution >= 0.6 is 0 Å². The van der Waals surface area contributed by atoms with Gasteiger partial charge in [-0.05, 0) is 24.3 Å². The summed E-state index contributed by atoms with van der Waals surface area (Å²) in [6.07, 6.45) is 0.273. The molecule has 2 aliphatic rings. The van der Waals surface area contributed by atoms with Crippen molar-refractivity contribution in [1.29, 1.82) is 0 Å². The summed E-state index contributed by atoms with van der Waals surface area (Å²) in [7, 11) is -1.89. The van der Waals surface area contributed by atoms with Gasteiger partial charge in [-0.3, -0.25) is 9.10 Å². The highest BCUT2D eigenvalue weighted by Crippen LogP contribution is 2.35. The molecular weight excluding hydrogens is 406 g/mol. The Bertz CT molecular complexity index is 1030. The standard InChI is InChI=1S/C21H25N3O5S/c1-28-18-9-5-3-7-16(18)22-11-13-23(14-12-22)21(25)20-15-24(30(2,26)27)17-8-4-6-10-19(17)29-20/h3-10,20H,11-15H2,1-2H3/t20-/m0/s1. The van der Waals surface area contributed by atoms with E-state index in [1.807, 2.05) is 24.3 Å². The molecule has 0 unspecified atom stereocenters. The van der Waals surface area contributed by atoms with E-state index in [9.17, 15) is 13.2 Å². The van der Waals surface area contributed by atoms with Crippen LogP contribution in [0.4, 0.5) is 11.4 Å². The molecule has 9 heteroatoms. The number of carbonyl (C=O) groups is 1. The lowest BCUT2D eigenvalue weighted by Crippen LogP contribution is -2.56. The topological polar surface area (TPSA) is 79.4 Å². The maximum atomic E-state index is 13.1. The van der Waals surface area contributed by atoms with Crippen LogP contribution in [-0.2, 0) is 14.8 Å². The van der Waals surface area contributed by atoms with Crippen molar-refractivity contribution in [3.63, 3.8) is 0 Å². The quantitative estimate of drug-likeness (QED) is 0.731. The summed E-state index contributed by atoms with van der Waals surface area (Å²) in [4.78, 5) is 17.1. The number of hydrogen-bond acceptors (Lipinski definition) is 6. The Morgan fingerprint density at radius 3 is 2.30 bits per heavy atom. The molecule has 2 aromatic rings. The van der Waals surface area contributed by atoms with Gasteiger partial charge in [0.1, 0.15) is 11.5 Å². The number of anilines is 2. The van der Waals surface area contributed by atoms with Crippen molar-refractivity contribution in [3.8, 4) is 11.5 Å². The average Bonchev–Trinajstić information content (AvgIpc) is 2.77. The molecule has 160 valence electrons. The summed E-state index contributed by atoms with van der Waals surface area (Å²) in [6.45, 7) is 2.34. The van der Waals surface area contributed by atoms with E-state index < -0.39 is 16.1 Å². The van der Waals surface area contributed by atoms with Crippen LogP contribution in [0.25, 0.3) is 0 Å². The van der Waals surface area contributed by atoms with Crippen LogP contribution < -0.4 is 18.7 Å². The van der Waals surface area contributed by atoms with Gasteiger partial charge in [-0.25, -0.2) is 8.42 Å². The van der Waals surface area contributed by atoms with Crippen LogP contribution in [0.3, 0.4) is 0 Å². The second-order valence-corrected chi connectivity index (χ2v) is 9.26. The predicted octanol–water partition coefficient (Wildman–Crippen LogP) is 1.57. The van der Waals surface area contributed by atoms with Crippen molar-refractivity contribution in [2.75, 3.05) is 55.3 Å². The molecule has 30 heavy (non-hydrogen) atoms. The molecular formula is C21H25N3O5S. The van der Waals surface area contributed by atoms with E-state index in [1.165, 1.54) is 4.31 Å². The minimum absolute atomic E-state index is 0.0264. The largest absolute Gasteiger partial charge is 0.495 e. The summed E-state index contributed by atoms with van der Waals surface area (Å²) in [6, 6.07) is 14.7. The lowest BCUT2D eigenvalue weighted by Gasteiger charge is -2.40. The predicted molar refractivity (Wildman–Crippen MR) is 115 cm³/mol. The van der Waals surface area contributed by atoms with Gasteiger partial charge in [-0.15, -0.1) is 0 Å². The zero-order valence-electron chi connectivity index (χ0n) is 17.0. The Kier molecular flexibility index (Phi) is 5.46. The number of carbonyl (C=O) groups excluding carboxylic acids is 1. The number of sulfonamides is 1. The van der Waals surface area contributed by atoms with Gasteiger partial charge in [0.25, 0.3) is 5.91 Å². The van der Waals surface area contributed by atoms with Gasteiger partial charge in [0, 0.05) is 26.2 Å².